The topological polar surface area (TPSA) is 44.5 Å². The molecule has 1 aromatic heterocycles. The molecule has 0 saturated carbocycles. The number of aliphatic hydroxyl groups is 1. The van der Waals surface area contributed by atoms with Gasteiger partial charge in [0.05, 0.1) is 5.69 Å². The van der Waals surface area contributed by atoms with Gasteiger partial charge in [0.15, 0.2) is 0 Å². The molecule has 1 N–H and O–H groups in total. The Morgan fingerprint density at radius 1 is 1.12 bits per heavy atom. The first-order chi connectivity index (χ1) is 12.6. The number of aryl methyl sites for hydroxylation is 2. The summed E-state index contributed by atoms with van der Waals surface area (Å²) in [7, 11) is 0. The molecule has 1 aromatic carbocycles. The van der Waals surface area contributed by atoms with Crippen LogP contribution in [0.2, 0.25) is 0 Å². The van der Waals surface area contributed by atoms with Gasteiger partial charge in [0, 0.05) is 63.2 Å². The summed E-state index contributed by atoms with van der Waals surface area (Å²) < 4.78 is 2.10. The van der Waals surface area contributed by atoms with Gasteiger partial charge in [-0.3, -0.25) is 14.5 Å². The molecule has 5 heteroatoms. The Morgan fingerprint density at radius 3 is 2.54 bits per heavy atom. The van der Waals surface area contributed by atoms with E-state index >= 15 is 0 Å². The molecule has 2 aromatic rings. The summed E-state index contributed by atoms with van der Waals surface area (Å²) in [5, 5.41) is 14.2. The molecule has 1 fully saturated rings. The predicted octanol–water partition coefficient (Wildman–Crippen LogP) is 2.59. The average molecular weight is 357 g/mol. The van der Waals surface area contributed by atoms with E-state index in [9.17, 15) is 5.11 Å². The Kier molecular flexibility index (Phi) is 6.46. The second kappa shape index (κ2) is 8.80. The standard InChI is InChI=1S/C21H32N4O/c1-4-25-18(3)21(17(2)22-25)16-23-11-12-24(20(15-23)10-13-26)14-19-8-6-5-7-9-19/h5-9,20,26H,4,10-16H2,1-3H3. The van der Waals surface area contributed by atoms with E-state index in [1.807, 2.05) is 0 Å². The lowest BCUT2D eigenvalue weighted by Crippen LogP contribution is -2.52. The molecule has 1 saturated heterocycles. The summed E-state index contributed by atoms with van der Waals surface area (Å²) in [5.74, 6) is 0. The number of rotatable bonds is 7. The van der Waals surface area contributed by atoms with Gasteiger partial charge in [-0.15, -0.1) is 0 Å². The quantitative estimate of drug-likeness (QED) is 0.828. The third-order valence-electron chi connectivity index (χ3n) is 5.59. The predicted molar refractivity (Wildman–Crippen MR) is 105 cm³/mol. The smallest absolute Gasteiger partial charge is 0.0641 e. The first-order valence-corrected chi connectivity index (χ1v) is 9.76. The van der Waals surface area contributed by atoms with Crippen LogP contribution < -0.4 is 0 Å². The Hall–Kier alpha value is -1.69. The van der Waals surface area contributed by atoms with Gasteiger partial charge in [-0.2, -0.15) is 5.10 Å². The highest BCUT2D eigenvalue weighted by Crippen LogP contribution is 2.21. The van der Waals surface area contributed by atoms with Crippen molar-refractivity contribution in [2.75, 3.05) is 26.2 Å². The van der Waals surface area contributed by atoms with Crippen molar-refractivity contribution in [2.45, 2.75) is 52.9 Å². The SMILES string of the molecule is CCn1nc(C)c(CN2CCN(Cc3ccccc3)C(CCO)C2)c1C. The Labute approximate surface area is 157 Å². The van der Waals surface area contributed by atoms with E-state index in [4.69, 9.17) is 0 Å². The highest BCUT2D eigenvalue weighted by molar-refractivity contribution is 5.24. The summed E-state index contributed by atoms with van der Waals surface area (Å²) in [6.45, 7) is 12.6. The van der Waals surface area contributed by atoms with Crippen LogP contribution in [0.1, 0.15) is 35.9 Å². The molecule has 0 amide bonds. The highest BCUT2D eigenvalue weighted by atomic mass is 16.3. The van der Waals surface area contributed by atoms with Crippen molar-refractivity contribution in [3.63, 3.8) is 0 Å². The molecule has 1 aliphatic rings. The first-order valence-electron chi connectivity index (χ1n) is 9.76. The van der Waals surface area contributed by atoms with E-state index in [1.54, 1.807) is 0 Å². The molecule has 1 atom stereocenters. The lowest BCUT2D eigenvalue weighted by molar-refractivity contribution is 0.0498. The minimum atomic E-state index is 0.246. The van der Waals surface area contributed by atoms with Crippen LogP contribution in [-0.2, 0) is 19.6 Å². The summed E-state index contributed by atoms with van der Waals surface area (Å²) in [5.41, 5.74) is 5.15. The summed E-state index contributed by atoms with van der Waals surface area (Å²) in [6.07, 6.45) is 0.829. The third-order valence-corrected chi connectivity index (χ3v) is 5.59. The first kappa shape index (κ1) is 19.1. The maximum absolute atomic E-state index is 9.54. The van der Waals surface area contributed by atoms with Gasteiger partial charge >= 0.3 is 0 Å². The van der Waals surface area contributed by atoms with Gasteiger partial charge < -0.3 is 5.11 Å². The van der Waals surface area contributed by atoms with Crippen molar-refractivity contribution in [2.24, 2.45) is 0 Å². The molecule has 0 aliphatic carbocycles. The molecule has 1 aliphatic heterocycles. The monoisotopic (exact) mass is 356 g/mol. The van der Waals surface area contributed by atoms with Gasteiger partial charge in [-0.25, -0.2) is 0 Å². The number of aromatic nitrogens is 2. The number of benzene rings is 1. The van der Waals surface area contributed by atoms with Crippen LogP contribution in [0, 0.1) is 13.8 Å². The molecule has 0 radical (unpaired) electrons. The fraction of sp³-hybridized carbons (Fsp3) is 0.571. The van der Waals surface area contributed by atoms with Crippen LogP contribution in [0.5, 0.6) is 0 Å². The molecular formula is C21H32N4O. The molecule has 1 unspecified atom stereocenters. The van der Waals surface area contributed by atoms with E-state index in [0.717, 1.165) is 51.4 Å². The lowest BCUT2D eigenvalue weighted by atomic mass is 10.1. The second-order valence-corrected chi connectivity index (χ2v) is 7.32. The van der Waals surface area contributed by atoms with Crippen molar-refractivity contribution >= 4 is 0 Å². The molecule has 0 spiro atoms. The van der Waals surface area contributed by atoms with Crippen molar-refractivity contribution < 1.29 is 5.11 Å². The fourth-order valence-electron chi connectivity index (χ4n) is 4.04. The fourth-order valence-corrected chi connectivity index (χ4v) is 4.04. The number of hydrogen-bond donors (Lipinski definition) is 1. The van der Waals surface area contributed by atoms with Gasteiger partial charge in [-0.05, 0) is 32.8 Å². The van der Waals surface area contributed by atoms with Crippen LogP contribution in [0.25, 0.3) is 0 Å². The van der Waals surface area contributed by atoms with Gasteiger partial charge in [-0.1, -0.05) is 30.3 Å². The summed E-state index contributed by atoms with van der Waals surface area (Å²) in [6, 6.07) is 11.0. The van der Waals surface area contributed by atoms with Gasteiger partial charge in [0.2, 0.25) is 0 Å². The lowest BCUT2D eigenvalue weighted by Gasteiger charge is -2.41. The molecule has 5 nitrogen and oxygen atoms in total. The minimum absolute atomic E-state index is 0.246. The van der Waals surface area contributed by atoms with Crippen molar-refractivity contribution in [1.29, 1.82) is 0 Å². The molecule has 3 rings (SSSR count). The summed E-state index contributed by atoms with van der Waals surface area (Å²) >= 11 is 0. The van der Waals surface area contributed by atoms with Crippen molar-refractivity contribution in [3.05, 3.63) is 52.8 Å². The van der Waals surface area contributed by atoms with E-state index in [0.29, 0.717) is 6.04 Å². The zero-order valence-electron chi connectivity index (χ0n) is 16.4. The van der Waals surface area contributed by atoms with E-state index in [-0.39, 0.29) is 6.61 Å². The molecule has 142 valence electrons. The molecular weight excluding hydrogens is 324 g/mol. The Balaban J connectivity index is 1.67. The minimum Gasteiger partial charge on any atom is -0.396 e. The van der Waals surface area contributed by atoms with Crippen LogP contribution in [0.15, 0.2) is 30.3 Å². The number of piperazine rings is 1. The van der Waals surface area contributed by atoms with Crippen LogP contribution in [-0.4, -0.2) is 57.0 Å². The maximum Gasteiger partial charge on any atom is 0.0641 e. The zero-order chi connectivity index (χ0) is 18.5. The average Bonchev–Trinajstić information content (AvgIpc) is 2.92. The Morgan fingerprint density at radius 2 is 1.88 bits per heavy atom. The number of hydrogen-bond acceptors (Lipinski definition) is 4. The van der Waals surface area contributed by atoms with Crippen LogP contribution in [0.3, 0.4) is 0 Å². The van der Waals surface area contributed by atoms with Crippen LogP contribution in [0.4, 0.5) is 0 Å². The normalized spacial score (nSPS) is 19.2. The second-order valence-electron chi connectivity index (χ2n) is 7.32. The van der Waals surface area contributed by atoms with Gasteiger partial charge in [0.1, 0.15) is 0 Å². The van der Waals surface area contributed by atoms with Crippen LogP contribution >= 0.6 is 0 Å². The molecule has 0 bridgehead atoms. The van der Waals surface area contributed by atoms with E-state index < -0.39 is 0 Å². The van der Waals surface area contributed by atoms with Crippen molar-refractivity contribution in [3.8, 4) is 0 Å². The van der Waals surface area contributed by atoms with E-state index in [1.165, 1.54) is 16.8 Å². The third kappa shape index (κ3) is 4.34. The Bertz CT molecular complexity index is 698. The van der Waals surface area contributed by atoms with E-state index in [2.05, 4.69) is 70.7 Å². The van der Waals surface area contributed by atoms with Crippen molar-refractivity contribution in [1.82, 2.24) is 19.6 Å². The number of aliphatic hydroxyl groups excluding tert-OH is 1. The number of nitrogens with zero attached hydrogens (tertiary/aromatic N) is 4. The van der Waals surface area contributed by atoms with Gasteiger partial charge in [0.25, 0.3) is 0 Å². The summed E-state index contributed by atoms with van der Waals surface area (Å²) in [4.78, 5) is 5.05. The largest absolute Gasteiger partial charge is 0.396 e. The highest BCUT2D eigenvalue weighted by Gasteiger charge is 2.27. The maximum atomic E-state index is 9.54. The molecule has 2 heterocycles. The zero-order valence-corrected chi connectivity index (χ0v) is 16.4. The molecule has 26 heavy (non-hydrogen) atoms.